The molecule has 1 aliphatic carbocycles. The maximum absolute atomic E-state index is 3.93. The molecule has 1 N–H and O–H groups in total. The van der Waals surface area contributed by atoms with Gasteiger partial charge in [0.1, 0.15) is 0 Å². The Labute approximate surface area is 120 Å². The van der Waals surface area contributed by atoms with Crippen LogP contribution in [0.3, 0.4) is 0 Å². The molecule has 1 unspecified atom stereocenters. The summed E-state index contributed by atoms with van der Waals surface area (Å²) in [6, 6.07) is 1.43. The maximum Gasteiger partial charge on any atom is 0.00705 e. The third-order valence-corrected chi connectivity index (χ3v) is 5.67. The summed E-state index contributed by atoms with van der Waals surface area (Å²) in [5, 5.41) is 3.93. The van der Waals surface area contributed by atoms with Crippen molar-refractivity contribution in [2.45, 2.75) is 77.8 Å². The Kier molecular flexibility index (Phi) is 6.15. The fourth-order valence-electron chi connectivity index (χ4n) is 4.09. The van der Waals surface area contributed by atoms with Crippen LogP contribution in [-0.4, -0.2) is 36.6 Å². The van der Waals surface area contributed by atoms with Crippen LogP contribution in [0.15, 0.2) is 0 Å². The molecule has 0 radical (unpaired) electrons. The smallest absolute Gasteiger partial charge is 0.00705 e. The Morgan fingerprint density at radius 3 is 1.95 bits per heavy atom. The van der Waals surface area contributed by atoms with Gasteiger partial charge in [-0.3, -0.25) is 0 Å². The van der Waals surface area contributed by atoms with Crippen molar-refractivity contribution in [1.29, 1.82) is 0 Å². The molecular weight excluding hydrogens is 232 g/mol. The number of nitrogens with zero attached hydrogens (tertiary/aromatic N) is 1. The molecule has 2 fully saturated rings. The van der Waals surface area contributed by atoms with Crippen LogP contribution in [0, 0.1) is 11.8 Å². The van der Waals surface area contributed by atoms with Crippen LogP contribution < -0.4 is 5.32 Å². The first-order valence-corrected chi connectivity index (χ1v) is 8.69. The van der Waals surface area contributed by atoms with Gasteiger partial charge in [-0.25, -0.2) is 0 Å². The van der Waals surface area contributed by atoms with Gasteiger partial charge in [-0.05, 0) is 71.0 Å². The predicted molar refractivity (Wildman–Crippen MR) is 83.5 cm³/mol. The molecule has 2 heteroatoms. The topological polar surface area (TPSA) is 15.3 Å². The van der Waals surface area contributed by atoms with E-state index in [1.165, 1.54) is 64.6 Å². The first kappa shape index (κ1) is 15.3. The Hall–Kier alpha value is -0.0800. The highest BCUT2D eigenvalue weighted by molar-refractivity contribution is 4.83. The summed E-state index contributed by atoms with van der Waals surface area (Å²) in [5.41, 5.74) is 0. The van der Waals surface area contributed by atoms with E-state index in [1.807, 2.05) is 0 Å². The minimum atomic E-state index is 0.705. The van der Waals surface area contributed by atoms with Crippen molar-refractivity contribution in [2.24, 2.45) is 11.8 Å². The van der Waals surface area contributed by atoms with Gasteiger partial charge in [-0.2, -0.15) is 0 Å². The van der Waals surface area contributed by atoms with Gasteiger partial charge in [0.25, 0.3) is 0 Å². The predicted octanol–water partition coefficient (Wildman–Crippen LogP) is 3.67. The second-order valence-electron chi connectivity index (χ2n) is 6.91. The van der Waals surface area contributed by atoms with E-state index in [9.17, 15) is 0 Å². The number of piperidine rings is 1. The molecule has 112 valence electrons. The molecule has 1 saturated carbocycles. The SMILES string of the molecule is CCN1CCC(C(C)N[C@@H](C)C2CCCCC2)CC1. The van der Waals surface area contributed by atoms with E-state index in [0.29, 0.717) is 6.04 Å². The Morgan fingerprint density at radius 1 is 0.895 bits per heavy atom. The highest BCUT2D eigenvalue weighted by atomic mass is 15.1. The van der Waals surface area contributed by atoms with E-state index < -0.39 is 0 Å². The Bertz CT molecular complexity index is 240. The second kappa shape index (κ2) is 7.64. The molecule has 0 aromatic heterocycles. The standard InChI is InChI=1S/C17H34N2/c1-4-19-12-10-17(11-13-19)15(3)18-14(2)16-8-6-5-7-9-16/h14-18H,4-13H2,1-3H3/t14-,15?/m0/s1. The normalized spacial score (nSPS) is 27.3. The van der Waals surface area contributed by atoms with E-state index in [0.717, 1.165) is 17.9 Å². The first-order valence-electron chi connectivity index (χ1n) is 8.69. The third-order valence-electron chi connectivity index (χ3n) is 5.67. The summed E-state index contributed by atoms with van der Waals surface area (Å²) in [6.45, 7) is 11.0. The van der Waals surface area contributed by atoms with E-state index in [-0.39, 0.29) is 0 Å². The first-order chi connectivity index (χ1) is 9.20. The molecule has 2 atom stereocenters. The van der Waals surface area contributed by atoms with Crippen LogP contribution >= 0.6 is 0 Å². The molecule has 1 aliphatic heterocycles. The van der Waals surface area contributed by atoms with E-state index in [4.69, 9.17) is 0 Å². The van der Waals surface area contributed by atoms with Gasteiger partial charge < -0.3 is 10.2 Å². The van der Waals surface area contributed by atoms with Gasteiger partial charge in [0.2, 0.25) is 0 Å². The molecule has 19 heavy (non-hydrogen) atoms. The van der Waals surface area contributed by atoms with Crippen molar-refractivity contribution in [3.05, 3.63) is 0 Å². The lowest BCUT2D eigenvalue weighted by molar-refractivity contribution is 0.155. The molecule has 1 saturated heterocycles. The highest BCUT2D eigenvalue weighted by Gasteiger charge is 2.26. The lowest BCUT2D eigenvalue weighted by Crippen LogP contribution is -2.47. The van der Waals surface area contributed by atoms with Crippen molar-refractivity contribution >= 4 is 0 Å². The lowest BCUT2D eigenvalue weighted by Gasteiger charge is -2.37. The van der Waals surface area contributed by atoms with E-state index in [2.05, 4.69) is 31.0 Å². The van der Waals surface area contributed by atoms with Gasteiger partial charge in [-0.1, -0.05) is 26.2 Å². The van der Waals surface area contributed by atoms with Crippen LogP contribution in [-0.2, 0) is 0 Å². The number of nitrogens with one attached hydrogen (secondary N) is 1. The zero-order valence-corrected chi connectivity index (χ0v) is 13.3. The van der Waals surface area contributed by atoms with Crippen LogP contribution in [0.2, 0.25) is 0 Å². The quantitative estimate of drug-likeness (QED) is 0.817. The second-order valence-corrected chi connectivity index (χ2v) is 6.91. The van der Waals surface area contributed by atoms with Gasteiger partial charge in [0.05, 0.1) is 0 Å². The summed E-state index contributed by atoms with van der Waals surface area (Å²) >= 11 is 0. The Morgan fingerprint density at radius 2 is 1.42 bits per heavy atom. The fourth-order valence-corrected chi connectivity index (χ4v) is 4.09. The van der Waals surface area contributed by atoms with E-state index in [1.54, 1.807) is 0 Å². The molecule has 2 aliphatic rings. The zero-order chi connectivity index (χ0) is 13.7. The molecular formula is C17H34N2. The molecule has 0 spiro atoms. The molecule has 0 amide bonds. The Balaban J connectivity index is 1.72. The van der Waals surface area contributed by atoms with Crippen molar-refractivity contribution in [1.82, 2.24) is 10.2 Å². The summed E-state index contributed by atoms with van der Waals surface area (Å²) in [5.74, 6) is 1.83. The maximum atomic E-state index is 3.93. The van der Waals surface area contributed by atoms with Crippen molar-refractivity contribution in [3.63, 3.8) is 0 Å². The van der Waals surface area contributed by atoms with Crippen LogP contribution in [0.4, 0.5) is 0 Å². The van der Waals surface area contributed by atoms with Crippen molar-refractivity contribution in [2.75, 3.05) is 19.6 Å². The lowest BCUT2D eigenvalue weighted by atomic mass is 9.83. The number of likely N-dealkylation sites (tertiary alicyclic amines) is 1. The van der Waals surface area contributed by atoms with Gasteiger partial charge in [-0.15, -0.1) is 0 Å². The fraction of sp³-hybridized carbons (Fsp3) is 1.00. The average Bonchev–Trinajstić information content (AvgIpc) is 2.48. The molecule has 0 bridgehead atoms. The molecule has 2 nitrogen and oxygen atoms in total. The van der Waals surface area contributed by atoms with E-state index >= 15 is 0 Å². The van der Waals surface area contributed by atoms with Crippen molar-refractivity contribution < 1.29 is 0 Å². The summed E-state index contributed by atoms with van der Waals surface area (Å²) in [6.07, 6.45) is 10.1. The van der Waals surface area contributed by atoms with Crippen LogP contribution in [0.5, 0.6) is 0 Å². The van der Waals surface area contributed by atoms with Crippen molar-refractivity contribution in [3.8, 4) is 0 Å². The van der Waals surface area contributed by atoms with Crippen LogP contribution in [0.1, 0.15) is 65.7 Å². The largest absolute Gasteiger partial charge is 0.311 e. The summed E-state index contributed by atoms with van der Waals surface area (Å²) in [4.78, 5) is 2.59. The van der Waals surface area contributed by atoms with Crippen LogP contribution in [0.25, 0.3) is 0 Å². The summed E-state index contributed by atoms with van der Waals surface area (Å²) in [7, 11) is 0. The molecule has 2 rings (SSSR count). The van der Waals surface area contributed by atoms with Gasteiger partial charge in [0, 0.05) is 12.1 Å². The number of rotatable bonds is 5. The minimum absolute atomic E-state index is 0.705. The molecule has 0 aromatic rings. The number of hydrogen-bond acceptors (Lipinski definition) is 2. The monoisotopic (exact) mass is 266 g/mol. The van der Waals surface area contributed by atoms with Gasteiger partial charge in [0.15, 0.2) is 0 Å². The molecule has 0 aromatic carbocycles. The third kappa shape index (κ3) is 4.46. The highest BCUT2D eigenvalue weighted by Crippen LogP contribution is 2.28. The number of hydrogen-bond donors (Lipinski definition) is 1. The zero-order valence-electron chi connectivity index (χ0n) is 13.3. The van der Waals surface area contributed by atoms with Gasteiger partial charge >= 0.3 is 0 Å². The average molecular weight is 266 g/mol. The minimum Gasteiger partial charge on any atom is -0.311 e. The molecule has 1 heterocycles. The summed E-state index contributed by atoms with van der Waals surface area (Å²) < 4.78 is 0.